The number of ether oxygens (including phenoxy) is 1. The van der Waals surface area contributed by atoms with E-state index in [4.69, 9.17) is 4.74 Å². The van der Waals surface area contributed by atoms with Crippen LogP contribution in [0.15, 0.2) is 12.5 Å². The zero-order valence-corrected chi connectivity index (χ0v) is 14.7. The van der Waals surface area contributed by atoms with Crippen molar-refractivity contribution >= 4 is 16.9 Å². The lowest BCUT2D eigenvalue weighted by Gasteiger charge is -2.43. The minimum absolute atomic E-state index is 0.369. The molecule has 0 aromatic carbocycles. The van der Waals surface area contributed by atoms with Gasteiger partial charge in [0.2, 0.25) is 0 Å². The molecule has 0 radical (unpaired) electrons. The van der Waals surface area contributed by atoms with E-state index in [1.54, 1.807) is 6.33 Å². The van der Waals surface area contributed by atoms with E-state index < -0.39 is 0 Å². The molecule has 4 heterocycles. The normalized spacial score (nSPS) is 29.3. The first-order valence-electron chi connectivity index (χ1n) is 8.89. The molecule has 4 rings (SSSR count). The maximum Gasteiger partial charge on any atom is 0.163 e. The molecule has 0 N–H and O–H groups in total. The molecule has 2 fully saturated rings. The molecule has 7 nitrogen and oxygen atoms in total. The van der Waals surface area contributed by atoms with Crippen molar-refractivity contribution in [3.8, 4) is 0 Å². The van der Waals surface area contributed by atoms with Crippen LogP contribution in [0.3, 0.4) is 0 Å². The van der Waals surface area contributed by atoms with Crippen molar-refractivity contribution in [3.63, 3.8) is 0 Å². The number of piperazine rings is 1. The van der Waals surface area contributed by atoms with Gasteiger partial charge in [0.15, 0.2) is 5.65 Å². The van der Waals surface area contributed by atoms with Crippen LogP contribution in [0.1, 0.15) is 26.7 Å². The molecule has 2 aliphatic heterocycles. The summed E-state index contributed by atoms with van der Waals surface area (Å²) < 4.78 is 7.69. The summed E-state index contributed by atoms with van der Waals surface area (Å²) in [6.45, 7) is 8.55. The fourth-order valence-electron chi connectivity index (χ4n) is 4.17. The highest BCUT2D eigenvalue weighted by Crippen LogP contribution is 2.27. The van der Waals surface area contributed by atoms with Crippen molar-refractivity contribution in [1.82, 2.24) is 24.6 Å². The molecule has 2 aromatic heterocycles. The Morgan fingerprint density at radius 1 is 1.04 bits per heavy atom. The van der Waals surface area contributed by atoms with Crippen LogP contribution < -0.4 is 4.90 Å². The van der Waals surface area contributed by atoms with Crippen LogP contribution in [0.4, 0.5) is 5.82 Å². The van der Waals surface area contributed by atoms with Gasteiger partial charge < -0.3 is 9.64 Å². The molecular weight excluding hydrogens is 304 g/mol. The molecule has 130 valence electrons. The Bertz CT molecular complexity index is 698. The van der Waals surface area contributed by atoms with Crippen molar-refractivity contribution in [3.05, 3.63) is 12.5 Å². The fraction of sp³-hybridized carbons (Fsp3) is 0.706. The summed E-state index contributed by atoms with van der Waals surface area (Å²) in [5.74, 6) is 1.02. The first-order valence-corrected chi connectivity index (χ1v) is 8.89. The minimum Gasteiger partial charge on any atom is -0.375 e. The van der Waals surface area contributed by atoms with Gasteiger partial charge in [0.1, 0.15) is 12.1 Å². The van der Waals surface area contributed by atoms with E-state index in [0.29, 0.717) is 18.2 Å². The smallest absolute Gasteiger partial charge is 0.163 e. The average Bonchev–Trinajstić information content (AvgIpc) is 2.96. The van der Waals surface area contributed by atoms with Gasteiger partial charge in [-0.25, -0.2) is 9.97 Å². The van der Waals surface area contributed by atoms with Crippen molar-refractivity contribution in [2.45, 2.75) is 44.9 Å². The highest BCUT2D eigenvalue weighted by Gasteiger charge is 2.31. The average molecular weight is 330 g/mol. The van der Waals surface area contributed by atoms with Gasteiger partial charge in [-0.1, -0.05) is 0 Å². The lowest BCUT2D eigenvalue weighted by atomic mass is 9.97. The van der Waals surface area contributed by atoms with Crippen molar-refractivity contribution in [1.29, 1.82) is 0 Å². The van der Waals surface area contributed by atoms with Gasteiger partial charge in [0.05, 0.1) is 23.8 Å². The molecule has 0 spiro atoms. The van der Waals surface area contributed by atoms with Gasteiger partial charge in [-0.3, -0.25) is 9.58 Å². The minimum atomic E-state index is 0.369. The number of nitrogens with zero attached hydrogens (tertiary/aromatic N) is 6. The highest BCUT2D eigenvalue weighted by atomic mass is 16.5. The zero-order valence-electron chi connectivity index (χ0n) is 14.7. The van der Waals surface area contributed by atoms with Crippen LogP contribution in [-0.2, 0) is 11.8 Å². The van der Waals surface area contributed by atoms with E-state index in [9.17, 15) is 0 Å². The van der Waals surface area contributed by atoms with Crippen LogP contribution >= 0.6 is 0 Å². The Labute approximate surface area is 142 Å². The summed E-state index contributed by atoms with van der Waals surface area (Å²) in [5, 5.41) is 5.36. The van der Waals surface area contributed by atoms with E-state index in [0.717, 1.165) is 55.9 Å². The molecule has 2 aromatic rings. The number of aromatic nitrogens is 4. The number of hydrogen-bond donors (Lipinski definition) is 0. The van der Waals surface area contributed by atoms with Gasteiger partial charge in [-0.2, -0.15) is 5.10 Å². The van der Waals surface area contributed by atoms with E-state index in [1.165, 1.54) is 0 Å². The van der Waals surface area contributed by atoms with E-state index in [-0.39, 0.29) is 0 Å². The molecule has 24 heavy (non-hydrogen) atoms. The number of fused-ring (bicyclic) bond motifs is 1. The first-order chi connectivity index (χ1) is 11.6. The van der Waals surface area contributed by atoms with Crippen LogP contribution in [-0.4, -0.2) is 69.1 Å². The van der Waals surface area contributed by atoms with Gasteiger partial charge >= 0.3 is 0 Å². The van der Waals surface area contributed by atoms with Crippen LogP contribution in [0.5, 0.6) is 0 Å². The van der Waals surface area contributed by atoms with E-state index in [1.807, 2.05) is 17.9 Å². The third-order valence-corrected chi connectivity index (χ3v) is 5.31. The molecule has 0 amide bonds. The van der Waals surface area contributed by atoms with Gasteiger partial charge in [-0.05, 0) is 26.7 Å². The van der Waals surface area contributed by atoms with Gasteiger partial charge in [0.25, 0.3) is 0 Å². The Balaban J connectivity index is 1.46. The molecule has 0 bridgehead atoms. The third kappa shape index (κ3) is 2.86. The molecule has 2 unspecified atom stereocenters. The summed E-state index contributed by atoms with van der Waals surface area (Å²) in [6, 6.07) is 0.648. The van der Waals surface area contributed by atoms with E-state index >= 15 is 0 Å². The molecule has 2 saturated heterocycles. The van der Waals surface area contributed by atoms with Crippen LogP contribution in [0.2, 0.25) is 0 Å². The predicted molar refractivity (Wildman–Crippen MR) is 93.1 cm³/mol. The summed E-state index contributed by atoms with van der Waals surface area (Å²) in [6.07, 6.45) is 6.55. The molecule has 2 atom stereocenters. The SMILES string of the molecule is CC1CC(N2CCN(c3ncnc4c3cnn4C)CC2)CC(C)O1. The number of rotatable bonds is 2. The topological polar surface area (TPSA) is 59.3 Å². The Morgan fingerprint density at radius 3 is 2.46 bits per heavy atom. The molecule has 0 saturated carbocycles. The number of aryl methyl sites for hydroxylation is 1. The molecule has 2 aliphatic rings. The molecule has 7 heteroatoms. The van der Waals surface area contributed by atoms with Crippen molar-refractivity contribution in [2.75, 3.05) is 31.1 Å². The summed E-state index contributed by atoms with van der Waals surface area (Å²) in [4.78, 5) is 13.9. The predicted octanol–water partition coefficient (Wildman–Crippen LogP) is 1.44. The second kappa shape index (κ2) is 6.29. The second-order valence-corrected chi connectivity index (χ2v) is 7.11. The number of anilines is 1. The monoisotopic (exact) mass is 330 g/mol. The summed E-state index contributed by atoms with van der Waals surface area (Å²) in [7, 11) is 1.92. The lowest BCUT2D eigenvalue weighted by Crippen LogP contribution is -2.53. The Hall–Kier alpha value is -1.73. The summed E-state index contributed by atoms with van der Waals surface area (Å²) >= 11 is 0. The van der Waals surface area contributed by atoms with Gasteiger partial charge in [0, 0.05) is 39.3 Å². The Morgan fingerprint density at radius 2 is 1.75 bits per heavy atom. The highest BCUT2D eigenvalue weighted by molar-refractivity contribution is 5.86. The zero-order chi connectivity index (χ0) is 16.7. The largest absolute Gasteiger partial charge is 0.375 e. The Kier molecular flexibility index (Phi) is 4.14. The molecule has 0 aliphatic carbocycles. The van der Waals surface area contributed by atoms with E-state index in [2.05, 4.69) is 38.7 Å². The standard InChI is InChI=1S/C17H26N6O/c1-12-8-14(9-13(2)24-12)22-4-6-23(7-5-22)17-15-10-20-21(3)16(15)18-11-19-17/h10-14H,4-9H2,1-3H3. The third-order valence-electron chi connectivity index (χ3n) is 5.31. The van der Waals surface area contributed by atoms with Crippen LogP contribution in [0.25, 0.3) is 11.0 Å². The quantitative estimate of drug-likeness (QED) is 0.830. The van der Waals surface area contributed by atoms with Gasteiger partial charge in [-0.15, -0.1) is 0 Å². The first kappa shape index (κ1) is 15.8. The van der Waals surface area contributed by atoms with Crippen LogP contribution in [0, 0.1) is 0 Å². The number of hydrogen-bond acceptors (Lipinski definition) is 6. The lowest BCUT2D eigenvalue weighted by molar-refractivity contribution is -0.0658. The van der Waals surface area contributed by atoms with Crippen molar-refractivity contribution in [2.24, 2.45) is 7.05 Å². The molecular formula is C17H26N6O. The maximum atomic E-state index is 5.88. The van der Waals surface area contributed by atoms with Crippen molar-refractivity contribution < 1.29 is 4.74 Å². The maximum absolute atomic E-state index is 5.88. The fourth-order valence-corrected chi connectivity index (χ4v) is 4.17. The second-order valence-electron chi connectivity index (χ2n) is 7.11. The summed E-state index contributed by atoms with van der Waals surface area (Å²) in [5.41, 5.74) is 0.898.